The van der Waals surface area contributed by atoms with Gasteiger partial charge in [0.1, 0.15) is 11.4 Å². The van der Waals surface area contributed by atoms with Crippen molar-refractivity contribution in [2.75, 3.05) is 26.2 Å². The maximum Gasteiger partial charge on any atom is 0.410 e. The van der Waals surface area contributed by atoms with Crippen molar-refractivity contribution in [3.63, 3.8) is 0 Å². The molecule has 3 aliphatic rings. The average Bonchev–Trinajstić information content (AvgIpc) is 3.37. The van der Waals surface area contributed by atoms with Crippen LogP contribution >= 0.6 is 0 Å². The smallest absolute Gasteiger partial charge is 0.410 e. The molecule has 1 aliphatic carbocycles. The second kappa shape index (κ2) is 6.97. The fourth-order valence-electron chi connectivity index (χ4n) is 4.31. The van der Waals surface area contributed by atoms with E-state index in [4.69, 9.17) is 9.47 Å². The van der Waals surface area contributed by atoms with Crippen LogP contribution in [0, 0.1) is 5.82 Å². The Balaban J connectivity index is 1.46. The van der Waals surface area contributed by atoms with Crippen LogP contribution in [-0.2, 0) is 9.47 Å². The predicted octanol–water partition coefficient (Wildman–Crippen LogP) is 3.60. The molecule has 2 heterocycles. The quantitative estimate of drug-likeness (QED) is 0.718. The van der Waals surface area contributed by atoms with Crippen molar-refractivity contribution in [1.29, 1.82) is 0 Å². The summed E-state index contributed by atoms with van der Waals surface area (Å²) in [5.74, 6) is -0.571. The van der Waals surface area contributed by atoms with Gasteiger partial charge in [0, 0.05) is 18.7 Å². The monoisotopic (exact) mass is 404 g/mol. The zero-order chi connectivity index (χ0) is 20.9. The molecule has 1 aromatic rings. The van der Waals surface area contributed by atoms with Crippen molar-refractivity contribution in [1.82, 2.24) is 9.80 Å². The van der Waals surface area contributed by atoms with Gasteiger partial charge >= 0.3 is 6.09 Å². The molecule has 0 atom stereocenters. The van der Waals surface area contributed by atoms with Gasteiger partial charge in [-0.3, -0.25) is 4.79 Å². The lowest BCUT2D eigenvalue weighted by molar-refractivity contribution is -0.178. The normalized spacial score (nSPS) is 22.6. The first kappa shape index (κ1) is 20.1. The van der Waals surface area contributed by atoms with Crippen LogP contribution in [0.3, 0.4) is 0 Å². The Morgan fingerprint density at radius 2 is 1.66 bits per heavy atom. The number of rotatable bonds is 1. The molecule has 2 aliphatic heterocycles. The summed E-state index contributed by atoms with van der Waals surface area (Å²) >= 11 is 0. The number of piperidine rings is 1. The van der Waals surface area contributed by atoms with Crippen LogP contribution in [0.5, 0.6) is 0 Å². The standard InChI is InChI=1S/C22H29FN2O4/c1-20(2,3)28-19(27)24-11-9-22(10-12-24)15-25(14-21(29-22)7-8-21)18(26)16-5-4-6-17(23)13-16/h4-6,13H,7-12,14-15H2,1-3H3. The molecule has 3 fully saturated rings. The summed E-state index contributed by atoms with van der Waals surface area (Å²) < 4.78 is 25.6. The minimum Gasteiger partial charge on any atom is -0.444 e. The highest BCUT2D eigenvalue weighted by molar-refractivity contribution is 5.94. The van der Waals surface area contributed by atoms with E-state index in [0.29, 0.717) is 44.6 Å². The number of carbonyl (C=O) groups excluding carboxylic acids is 2. The van der Waals surface area contributed by atoms with Crippen molar-refractivity contribution >= 4 is 12.0 Å². The molecule has 158 valence electrons. The third kappa shape index (κ3) is 4.39. The SMILES string of the molecule is CC(C)(C)OC(=O)N1CCC2(CC1)CN(C(=O)c1cccc(F)c1)CC1(CC1)O2. The van der Waals surface area contributed by atoms with E-state index < -0.39 is 17.0 Å². The Bertz CT molecular complexity index is 807. The Kier molecular flexibility index (Phi) is 4.84. The first-order valence-electron chi connectivity index (χ1n) is 10.3. The molecule has 1 aromatic carbocycles. The lowest BCUT2D eigenvalue weighted by Crippen LogP contribution is -2.62. The lowest BCUT2D eigenvalue weighted by atomic mass is 9.88. The van der Waals surface area contributed by atoms with E-state index >= 15 is 0 Å². The number of halogens is 1. The van der Waals surface area contributed by atoms with Crippen molar-refractivity contribution in [2.24, 2.45) is 0 Å². The average molecular weight is 404 g/mol. The maximum absolute atomic E-state index is 13.6. The van der Waals surface area contributed by atoms with E-state index in [1.807, 2.05) is 25.7 Å². The number of hydrogen-bond acceptors (Lipinski definition) is 4. The van der Waals surface area contributed by atoms with Gasteiger partial charge in [-0.05, 0) is 64.7 Å². The fraction of sp³-hybridized carbons (Fsp3) is 0.636. The van der Waals surface area contributed by atoms with E-state index in [9.17, 15) is 14.0 Å². The molecule has 4 rings (SSSR count). The Hall–Kier alpha value is -2.15. The number of hydrogen-bond donors (Lipinski definition) is 0. The second-order valence-corrected chi connectivity index (χ2v) is 9.61. The van der Waals surface area contributed by atoms with Gasteiger partial charge in [-0.15, -0.1) is 0 Å². The lowest BCUT2D eigenvalue weighted by Gasteiger charge is -2.50. The Labute approximate surface area is 170 Å². The number of nitrogens with zero attached hydrogens (tertiary/aromatic N) is 2. The third-order valence-electron chi connectivity index (χ3n) is 5.88. The van der Waals surface area contributed by atoms with Gasteiger partial charge in [0.05, 0.1) is 24.3 Å². The number of amides is 2. The van der Waals surface area contributed by atoms with Crippen LogP contribution in [0.2, 0.25) is 0 Å². The number of benzene rings is 1. The van der Waals surface area contributed by atoms with Gasteiger partial charge in [0.25, 0.3) is 5.91 Å². The number of carbonyl (C=O) groups is 2. The summed E-state index contributed by atoms with van der Waals surface area (Å²) in [6.07, 6.45) is 2.86. The van der Waals surface area contributed by atoms with E-state index in [2.05, 4.69) is 0 Å². The molecular weight excluding hydrogens is 375 g/mol. The van der Waals surface area contributed by atoms with Gasteiger partial charge in [-0.1, -0.05) is 6.07 Å². The first-order valence-corrected chi connectivity index (χ1v) is 10.3. The third-order valence-corrected chi connectivity index (χ3v) is 5.88. The van der Waals surface area contributed by atoms with Crippen molar-refractivity contribution < 1.29 is 23.5 Å². The van der Waals surface area contributed by atoms with Crippen LogP contribution in [0.25, 0.3) is 0 Å². The van der Waals surface area contributed by atoms with Gasteiger partial charge in [-0.2, -0.15) is 0 Å². The first-order chi connectivity index (χ1) is 13.6. The van der Waals surface area contributed by atoms with Crippen LogP contribution in [0.4, 0.5) is 9.18 Å². The molecule has 29 heavy (non-hydrogen) atoms. The number of morpholine rings is 1. The van der Waals surface area contributed by atoms with Gasteiger partial charge in [0.15, 0.2) is 0 Å². The molecule has 2 saturated heterocycles. The fourth-order valence-corrected chi connectivity index (χ4v) is 4.31. The van der Waals surface area contributed by atoms with E-state index in [1.165, 1.54) is 12.1 Å². The number of likely N-dealkylation sites (tertiary alicyclic amines) is 1. The summed E-state index contributed by atoms with van der Waals surface area (Å²) in [4.78, 5) is 28.9. The molecule has 0 unspecified atom stereocenters. The highest BCUT2D eigenvalue weighted by atomic mass is 19.1. The van der Waals surface area contributed by atoms with Crippen LogP contribution in [0.1, 0.15) is 56.8 Å². The zero-order valence-corrected chi connectivity index (χ0v) is 17.4. The molecule has 0 N–H and O–H groups in total. The molecule has 2 amide bonds. The molecule has 0 radical (unpaired) electrons. The summed E-state index contributed by atoms with van der Waals surface area (Å²) in [5.41, 5.74) is -0.908. The summed E-state index contributed by atoms with van der Waals surface area (Å²) in [6.45, 7) is 7.64. The second-order valence-electron chi connectivity index (χ2n) is 9.61. The molecule has 0 bridgehead atoms. The zero-order valence-electron chi connectivity index (χ0n) is 17.4. The van der Waals surface area contributed by atoms with E-state index in [0.717, 1.165) is 12.8 Å². The van der Waals surface area contributed by atoms with Crippen molar-refractivity contribution in [3.8, 4) is 0 Å². The Morgan fingerprint density at radius 3 is 2.21 bits per heavy atom. The molecule has 2 spiro atoms. The minimum absolute atomic E-state index is 0.159. The molecule has 1 saturated carbocycles. The maximum atomic E-state index is 13.6. The highest BCUT2D eigenvalue weighted by Gasteiger charge is 2.57. The molecule has 6 nitrogen and oxygen atoms in total. The van der Waals surface area contributed by atoms with Gasteiger partial charge in [-0.25, -0.2) is 9.18 Å². The van der Waals surface area contributed by atoms with Crippen molar-refractivity contribution in [2.45, 2.75) is 63.3 Å². The van der Waals surface area contributed by atoms with Crippen LogP contribution in [-0.4, -0.2) is 64.8 Å². The van der Waals surface area contributed by atoms with Crippen LogP contribution < -0.4 is 0 Å². The predicted molar refractivity (Wildman–Crippen MR) is 105 cm³/mol. The van der Waals surface area contributed by atoms with E-state index in [-0.39, 0.29) is 17.6 Å². The molecular formula is C22H29FN2O4. The summed E-state index contributed by atoms with van der Waals surface area (Å²) in [5, 5.41) is 0. The largest absolute Gasteiger partial charge is 0.444 e. The molecule has 0 aromatic heterocycles. The summed E-state index contributed by atoms with van der Waals surface area (Å²) in [6, 6.07) is 5.84. The van der Waals surface area contributed by atoms with E-state index in [1.54, 1.807) is 17.0 Å². The highest BCUT2D eigenvalue weighted by Crippen LogP contribution is 2.49. The number of ether oxygens (including phenoxy) is 2. The molecule has 7 heteroatoms. The topological polar surface area (TPSA) is 59.1 Å². The van der Waals surface area contributed by atoms with Gasteiger partial charge in [0.2, 0.25) is 0 Å². The Morgan fingerprint density at radius 1 is 1.03 bits per heavy atom. The van der Waals surface area contributed by atoms with Crippen LogP contribution in [0.15, 0.2) is 24.3 Å². The van der Waals surface area contributed by atoms with Gasteiger partial charge < -0.3 is 19.3 Å². The minimum atomic E-state index is -0.528. The summed E-state index contributed by atoms with van der Waals surface area (Å²) in [7, 11) is 0. The van der Waals surface area contributed by atoms with Crippen molar-refractivity contribution in [3.05, 3.63) is 35.6 Å².